The summed E-state index contributed by atoms with van der Waals surface area (Å²) in [5.41, 5.74) is -1.29. The van der Waals surface area contributed by atoms with Gasteiger partial charge in [0.05, 0.1) is 6.61 Å². The molecule has 0 aromatic carbocycles. The van der Waals surface area contributed by atoms with Crippen LogP contribution < -0.4 is 16.7 Å². The van der Waals surface area contributed by atoms with Crippen LogP contribution in [0.25, 0.3) is 0 Å². The van der Waals surface area contributed by atoms with Gasteiger partial charge in [-0.25, -0.2) is 9.18 Å². The van der Waals surface area contributed by atoms with E-state index in [0.29, 0.717) is 0 Å². The topological polar surface area (TPSA) is 132 Å². The molecule has 1 aromatic rings. The predicted octanol–water partition coefficient (Wildman–Crippen LogP) is 0.309. The number of carbonyl (C=O) groups is 1. The summed E-state index contributed by atoms with van der Waals surface area (Å²) < 4.78 is 26.9. The van der Waals surface area contributed by atoms with Crippen LogP contribution in [0.1, 0.15) is 52.2 Å². The maximum atomic E-state index is 15.1. The molecule has 1 aliphatic carbocycles. The molecule has 3 rings (SSSR count). The molecule has 10 nitrogen and oxygen atoms in total. The van der Waals surface area contributed by atoms with Crippen molar-refractivity contribution < 1.29 is 28.6 Å². The van der Waals surface area contributed by atoms with Gasteiger partial charge in [-0.15, -0.1) is 0 Å². The monoisotopic (exact) mass is 429 g/mol. The summed E-state index contributed by atoms with van der Waals surface area (Å²) in [6, 6.07) is 0.290. The van der Waals surface area contributed by atoms with E-state index in [1.807, 2.05) is 4.98 Å². The van der Waals surface area contributed by atoms with Crippen molar-refractivity contribution in [1.82, 2.24) is 15.0 Å². The molecule has 1 aromatic heterocycles. The Balaban J connectivity index is 1.53. The van der Waals surface area contributed by atoms with Crippen LogP contribution in [0.15, 0.2) is 21.9 Å². The first-order chi connectivity index (χ1) is 14.2. The summed E-state index contributed by atoms with van der Waals surface area (Å²) in [5, 5.41) is 10.3. The van der Waals surface area contributed by atoms with Crippen molar-refractivity contribution in [1.29, 1.82) is 0 Å². The van der Waals surface area contributed by atoms with E-state index in [0.717, 1.165) is 55.9 Å². The van der Waals surface area contributed by atoms with Gasteiger partial charge in [0, 0.05) is 12.3 Å². The number of ether oxygens (including phenoxy) is 2. The number of alkyl halides is 1. The highest BCUT2D eigenvalue weighted by Crippen LogP contribution is 2.40. The van der Waals surface area contributed by atoms with Gasteiger partial charge in [0.25, 0.3) is 5.56 Å². The number of halogens is 1. The lowest BCUT2D eigenvalue weighted by molar-refractivity contribution is -0.159. The van der Waals surface area contributed by atoms with Gasteiger partial charge in [-0.2, -0.15) is 5.48 Å². The van der Waals surface area contributed by atoms with Crippen LogP contribution in [-0.4, -0.2) is 57.3 Å². The van der Waals surface area contributed by atoms with E-state index >= 15 is 4.39 Å². The molecule has 0 spiro atoms. The third kappa shape index (κ3) is 4.97. The first-order valence-corrected chi connectivity index (χ1v) is 10.1. The summed E-state index contributed by atoms with van der Waals surface area (Å²) in [4.78, 5) is 42.6. The predicted molar refractivity (Wildman–Crippen MR) is 102 cm³/mol. The molecule has 3 N–H and O–H groups in total. The summed E-state index contributed by atoms with van der Waals surface area (Å²) in [6.45, 7) is 2.38. The molecular weight excluding hydrogens is 401 g/mol. The van der Waals surface area contributed by atoms with Gasteiger partial charge in [-0.1, -0.05) is 6.42 Å². The highest BCUT2D eigenvalue weighted by Gasteiger charge is 2.55. The normalized spacial score (nSPS) is 30.9. The lowest BCUT2D eigenvalue weighted by atomic mass is 9.98. The second kappa shape index (κ2) is 9.38. The zero-order valence-electron chi connectivity index (χ0n) is 17.0. The van der Waals surface area contributed by atoms with Crippen LogP contribution in [0.2, 0.25) is 0 Å². The molecule has 0 radical (unpaired) electrons. The zero-order valence-corrected chi connectivity index (χ0v) is 17.0. The average Bonchev–Trinajstić information content (AvgIpc) is 2.92. The molecule has 1 saturated carbocycles. The van der Waals surface area contributed by atoms with Crippen molar-refractivity contribution >= 4 is 5.97 Å². The summed E-state index contributed by atoms with van der Waals surface area (Å²) in [5.74, 6) is -0.456. The van der Waals surface area contributed by atoms with Crippen molar-refractivity contribution in [3.05, 3.63) is 33.1 Å². The van der Waals surface area contributed by atoms with Crippen LogP contribution in [0.4, 0.5) is 4.39 Å². The van der Waals surface area contributed by atoms with Crippen molar-refractivity contribution in [2.45, 2.75) is 82.2 Å². The molecule has 0 bridgehead atoms. The number of carbonyl (C=O) groups excluding carboxylic acids is 1. The van der Waals surface area contributed by atoms with Gasteiger partial charge < -0.3 is 14.6 Å². The maximum absolute atomic E-state index is 15.1. The molecular formula is C19H28FN3O7. The number of aromatic amines is 1. The SMILES string of the molecule is C[C@H](NOC[C@H]1O[C@@H](n2ccc(=O)[nH]c2=O)[C@](C)(F)[C@@H]1O)C(=O)OC1CCCCC1. The highest BCUT2D eigenvalue weighted by atomic mass is 19.1. The Bertz CT molecular complexity index is 849. The minimum Gasteiger partial charge on any atom is -0.461 e. The fourth-order valence-corrected chi connectivity index (χ4v) is 3.72. The van der Waals surface area contributed by atoms with E-state index in [1.165, 1.54) is 0 Å². The van der Waals surface area contributed by atoms with Gasteiger partial charge in [-0.05, 0) is 39.5 Å². The number of aliphatic hydroxyl groups is 1. The van der Waals surface area contributed by atoms with E-state index in [9.17, 15) is 19.5 Å². The summed E-state index contributed by atoms with van der Waals surface area (Å²) in [6.07, 6.45) is 1.76. The standard InChI is InChI=1S/C19H28FN3O7/c1-11(16(26)29-12-6-4-3-5-7-12)22-28-10-13-15(25)19(2,20)17(30-13)23-9-8-14(24)21-18(23)27/h8-9,11-13,15,17,22,25H,3-7,10H2,1-2H3,(H,21,24,27)/t11-,13+,15+,17+,19+/m0/s1. The van der Waals surface area contributed by atoms with Gasteiger partial charge in [0.15, 0.2) is 11.9 Å². The first-order valence-electron chi connectivity index (χ1n) is 10.1. The van der Waals surface area contributed by atoms with Crippen LogP contribution in [0, 0.1) is 0 Å². The van der Waals surface area contributed by atoms with Crippen molar-refractivity contribution in [2.24, 2.45) is 0 Å². The number of aliphatic hydroxyl groups excluding tert-OH is 1. The van der Waals surface area contributed by atoms with Crippen molar-refractivity contribution in [2.75, 3.05) is 6.61 Å². The van der Waals surface area contributed by atoms with E-state index in [-0.39, 0.29) is 12.7 Å². The molecule has 5 atom stereocenters. The number of H-pyrrole nitrogens is 1. The number of nitrogens with zero attached hydrogens (tertiary/aromatic N) is 1. The molecule has 2 fully saturated rings. The number of hydrogen-bond acceptors (Lipinski definition) is 8. The summed E-state index contributed by atoms with van der Waals surface area (Å²) in [7, 11) is 0. The molecule has 168 valence electrons. The number of rotatable bonds is 7. The number of esters is 1. The highest BCUT2D eigenvalue weighted by molar-refractivity contribution is 5.75. The van der Waals surface area contributed by atoms with E-state index in [1.54, 1.807) is 6.92 Å². The van der Waals surface area contributed by atoms with E-state index in [4.69, 9.17) is 14.3 Å². The molecule has 1 saturated heterocycles. The van der Waals surface area contributed by atoms with Crippen LogP contribution in [0.5, 0.6) is 0 Å². The molecule has 2 heterocycles. The second-order valence-electron chi connectivity index (χ2n) is 7.99. The Morgan fingerprint density at radius 3 is 2.80 bits per heavy atom. The van der Waals surface area contributed by atoms with Gasteiger partial charge in [-0.3, -0.25) is 24.0 Å². The Labute approximate surface area is 172 Å². The largest absolute Gasteiger partial charge is 0.461 e. The lowest BCUT2D eigenvalue weighted by Crippen LogP contribution is -2.44. The van der Waals surface area contributed by atoms with Crippen molar-refractivity contribution in [3.8, 4) is 0 Å². The van der Waals surface area contributed by atoms with E-state index < -0.39 is 47.4 Å². The summed E-state index contributed by atoms with van der Waals surface area (Å²) >= 11 is 0. The molecule has 1 aliphatic heterocycles. The first kappa shape index (κ1) is 22.6. The quantitative estimate of drug-likeness (QED) is 0.417. The second-order valence-corrected chi connectivity index (χ2v) is 7.99. The number of hydrogen-bond donors (Lipinski definition) is 3. The van der Waals surface area contributed by atoms with Crippen LogP contribution >= 0.6 is 0 Å². The molecule has 0 amide bonds. The van der Waals surface area contributed by atoms with E-state index in [2.05, 4.69) is 5.48 Å². The Hall–Kier alpha value is -2.08. The van der Waals surface area contributed by atoms with Gasteiger partial charge in [0.1, 0.15) is 24.4 Å². The lowest BCUT2D eigenvalue weighted by Gasteiger charge is -2.24. The van der Waals surface area contributed by atoms with Crippen LogP contribution in [-0.2, 0) is 19.1 Å². The smallest absolute Gasteiger partial charge is 0.330 e. The van der Waals surface area contributed by atoms with Crippen molar-refractivity contribution in [3.63, 3.8) is 0 Å². The molecule has 30 heavy (non-hydrogen) atoms. The van der Waals surface area contributed by atoms with Crippen LogP contribution in [0.3, 0.4) is 0 Å². The minimum absolute atomic E-state index is 0.0842. The van der Waals surface area contributed by atoms with Gasteiger partial charge >= 0.3 is 11.7 Å². The molecule has 11 heteroatoms. The number of aromatic nitrogens is 2. The molecule has 2 aliphatic rings. The Kier molecular flexibility index (Phi) is 7.06. The third-order valence-corrected chi connectivity index (χ3v) is 5.52. The maximum Gasteiger partial charge on any atom is 0.330 e. The Morgan fingerprint density at radius 2 is 2.13 bits per heavy atom. The van der Waals surface area contributed by atoms with Gasteiger partial charge in [0.2, 0.25) is 0 Å². The Morgan fingerprint density at radius 1 is 1.43 bits per heavy atom. The number of nitrogens with one attached hydrogen (secondary N) is 2. The zero-order chi connectivity index (χ0) is 21.9. The molecule has 0 unspecified atom stereocenters. The third-order valence-electron chi connectivity index (χ3n) is 5.52. The number of hydroxylamine groups is 1. The average molecular weight is 429 g/mol. The fourth-order valence-electron chi connectivity index (χ4n) is 3.72. The fraction of sp³-hybridized carbons (Fsp3) is 0.737. The minimum atomic E-state index is -2.32.